The van der Waals surface area contributed by atoms with Gasteiger partial charge in [-0.2, -0.15) is 11.8 Å². The second-order valence-electron chi connectivity index (χ2n) is 3.91. The fourth-order valence-electron chi connectivity index (χ4n) is 1.60. The van der Waals surface area contributed by atoms with Gasteiger partial charge in [-0.1, -0.05) is 0 Å². The quantitative estimate of drug-likeness (QED) is 0.860. The summed E-state index contributed by atoms with van der Waals surface area (Å²) in [5.74, 6) is -0.584. The Labute approximate surface area is 122 Å². The minimum atomic E-state index is -0.985. The number of aliphatic carboxylic acids is 1. The van der Waals surface area contributed by atoms with Crippen LogP contribution in [0.3, 0.4) is 0 Å². The van der Waals surface area contributed by atoms with Gasteiger partial charge in [0.1, 0.15) is 6.04 Å². The number of thiophene rings is 2. The molecular formula is C12H13NO3S3. The van der Waals surface area contributed by atoms with E-state index in [0.717, 1.165) is 9.40 Å². The fraction of sp³-hybridized carbons (Fsp3) is 0.333. The van der Waals surface area contributed by atoms with E-state index >= 15 is 0 Å². The Balaban J connectivity index is 2.06. The van der Waals surface area contributed by atoms with Gasteiger partial charge < -0.3 is 10.4 Å². The van der Waals surface area contributed by atoms with Crippen molar-refractivity contribution in [2.24, 2.45) is 0 Å². The summed E-state index contributed by atoms with van der Waals surface area (Å²) in [4.78, 5) is 23.7. The van der Waals surface area contributed by atoms with Gasteiger partial charge in [-0.15, -0.1) is 22.7 Å². The molecular weight excluding hydrogens is 302 g/mol. The van der Waals surface area contributed by atoms with Crippen LogP contribution >= 0.6 is 34.4 Å². The summed E-state index contributed by atoms with van der Waals surface area (Å²) in [6.07, 6.45) is 2.34. The van der Waals surface area contributed by atoms with Gasteiger partial charge >= 0.3 is 5.97 Å². The van der Waals surface area contributed by atoms with Crippen molar-refractivity contribution < 1.29 is 14.7 Å². The Bertz CT molecular complexity index is 561. The molecule has 1 atom stereocenters. The summed E-state index contributed by atoms with van der Waals surface area (Å²) in [7, 11) is 0. The van der Waals surface area contributed by atoms with Gasteiger partial charge in [0.05, 0.1) is 4.88 Å². The van der Waals surface area contributed by atoms with E-state index in [1.54, 1.807) is 23.1 Å². The van der Waals surface area contributed by atoms with Gasteiger partial charge in [-0.05, 0) is 35.9 Å². The highest BCUT2D eigenvalue weighted by Crippen LogP contribution is 2.29. The van der Waals surface area contributed by atoms with E-state index in [4.69, 9.17) is 5.11 Å². The van der Waals surface area contributed by atoms with E-state index in [0.29, 0.717) is 17.1 Å². The topological polar surface area (TPSA) is 66.4 Å². The van der Waals surface area contributed by atoms with Gasteiger partial charge in [0.2, 0.25) is 0 Å². The van der Waals surface area contributed by atoms with Crippen molar-refractivity contribution in [1.82, 2.24) is 5.32 Å². The molecule has 0 bridgehead atoms. The average Bonchev–Trinajstić information content (AvgIpc) is 2.94. The van der Waals surface area contributed by atoms with Crippen LogP contribution in [0.1, 0.15) is 16.1 Å². The maximum absolute atomic E-state index is 12.0. The molecule has 7 heteroatoms. The largest absolute Gasteiger partial charge is 0.480 e. The molecule has 0 spiro atoms. The molecule has 2 rings (SSSR count). The van der Waals surface area contributed by atoms with Crippen molar-refractivity contribution in [3.8, 4) is 0 Å². The number of fused-ring (bicyclic) bond motifs is 1. The first-order valence-corrected chi connectivity index (χ1v) is 8.70. The summed E-state index contributed by atoms with van der Waals surface area (Å²) in [5, 5.41) is 13.6. The molecule has 0 aliphatic carbocycles. The van der Waals surface area contributed by atoms with Crippen LogP contribution in [0.15, 0.2) is 17.5 Å². The summed E-state index contributed by atoms with van der Waals surface area (Å²) >= 11 is 4.53. The maximum atomic E-state index is 12.0. The van der Waals surface area contributed by atoms with Gasteiger partial charge in [0, 0.05) is 9.40 Å². The van der Waals surface area contributed by atoms with Gasteiger partial charge in [0.25, 0.3) is 5.91 Å². The molecule has 1 amide bonds. The van der Waals surface area contributed by atoms with Crippen LogP contribution in [0.25, 0.3) is 9.40 Å². The molecule has 0 aliphatic heterocycles. The van der Waals surface area contributed by atoms with Crippen LogP contribution < -0.4 is 5.32 Å². The zero-order valence-electron chi connectivity index (χ0n) is 10.2. The molecule has 0 aromatic carbocycles. The lowest BCUT2D eigenvalue weighted by Crippen LogP contribution is -2.40. The number of carboxylic acids is 1. The predicted octanol–water partition coefficient (Wildman–Crippen LogP) is 2.90. The molecule has 2 heterocycles. The molecule has 4 nitrogen and oxygen atoms in total. The third-order valence-electron chi connectivity index (χ3n) is 2.58. The van der Waals surface area contributed by atoms with E-state index in [1.165, 1.54) is 11.3 Å². The molecule has 2 aromatic heterocycles. The Hall–Kier alpha value is -1.05. The zero-order chi connectivity index (χ0) is 13.8. The van der Waals surface area contributed by atoms with Crippen molar-refractivity contribution in [2.75, 3.05) is 12.0 Å². The highest BCUT2D eigenvalue weighted by atomic mass is 32.2. The molecule has 1 unspecified atom stereocenters. The molecule has 0 aliphatic rings. The van der Waals surface area contributed by atoms with Crippen molar-refractivity contribution in [3.05, 3.63) is 22.4 Å². The number of nitrogens with one attached hydrogen (secondary N) is 1. The highest BCUT2D eigenvalue weighted by Gasteiger charge is 2.21. The SMILES string of the molecule is CSCCC(NC(=O)c1cc2sccc2s1)C(=O)O. The van der Waals surface area contributed by atoms with E-state index in [1.807, 2.05) is 23.8 Å². The molecule has 0 fully saturated rings. The standard InChI is InChI=1S/C12H13NO3S3/c1-17-4-2-7(12(15)16)13-11(14)10-6-9-8(19-10)3-5-18-9/h3,5-7H,2,4H2,1H3,(H,13,14)(H,15,16). The summed E-state index contributed by atoms with van der Waals surface area (Å²) in [6, 6.07) is 2.96. The zero-order valence-corrected chi connectivity index (χ0v) is 12.7. The van der Waals surface area contributed by atoms with Crippen molar-refractivity contribution in [1.29, 1.82) is 0 Å². The minimum absolute atomic E-state index is 0.304. The lowest BCUT2D eigenvalue weighted by atomic mass is 10.2. The van der Waals surface area contributed by atoms with Crippen molar-refractivity contribution in [3.63, 3.8) is 0 Å². The number of carbonyl (C=O) groups excluding carboxylic acids is 1. The van der Waals surface area contributed by atoms with Gasteiger partial charge in [-0.25, -0.2) is 4.79 Å². The average molecular weight is 315 g/mol. The Morgan fingerprint density at radius 1 is 1.47 bits per heavy atom. The first-order chi connectivity index (χ1) is 9.11. The first kappa shape index (κ1) is 14.4. The maximum Gasteiger partial charge on any atom is 0.326 e. The molecule has 19 heavy (non-hydrogen) atoms. The first-order valence-electron chi connectivity index (χ1n) is 5.61. The third-order valence-corrected chi connectivity index (χ3v) is 5.31. The number of hydrogen-bond acceptors (Lipinski definition) is 5. The normalized spacial score (nSPS) is 12.5. The third kappa shape index (κ3) is 3.49. The van der Waals surface area contributed by atoms with Crippen LogP contribution in [0.2, 0.25) is 0 Å². The number of amides is 1. The van der Waals surface area contributed by atoms with Gasteiger partial charge in [-0.3, -0.25) is 4.79 Å². The lowest BCUT2D eigenvalue weighted by molar-refractivity contribution is -0.139. The Kier molecular flexibility index (Phi) is 4.84. The summed E-state index contributed by atoms with van der Waals surface area (Å²) in [6.45, 7) is 0. The van der Waals surface area contributed by atoms with E-state index < -0.39 is 12.0 Å². The molecule has 102 valence electrons. The van der Waals surface area contributed by atoms with Crippen LogP contribution in [0, 0.1) is 0 Å². The molecule has 0 saturated carbocycles. The number of thioether (sulfide) groups is 1. The van der Waals surface area contributed by atoms with Crippen molar-refractivity contribution in [2.45, 2.75) is 12.5 Å². The predicted molar refractivity (Wildman–Crippen MR) is 81.6 cm³/mol. The summed E-state index contributed by atoms with van der Waals surface area (Å²) in [5.41, 5.74) is 0. The second kappa shape index (κ2) is 6.40. The van der Waals surface area contributed by atoms with E-state index in [9.17, 15) is 9.59 Å². The molecule has 2 N–H and O–H groups in total. The smallest absolute Gasteiger partial charge is 0.326 e. The Morgan fingerprint density at radius 2 is 2.26 bits per heavy atom. The van der Waals surface area contributed by atoms with E-state index in [2.05, 4.69) is 5.32 Å². The second-order valence-corrected chi connectivity index (χ2v) is 6.92. The molecule has 0 radical (unpaired) electrons. The van der Waals surface area contributed by atoms with Crippen molar-refractivity contribution >= 4 is 55.7 Å². The minimum Gasteiger partial charge on any atom is -0.480 e. The molecule has 2 aromatic rings. The van der Waals surface area contributed by atoms with Crippen LogP contribution in [-0.2, 0) is 4.79 Å². The molecule has 0 saturated heterocycles. The highest BCUT2D eigenvalue weighted by molar-refractivity contribution is 7.98. The number of carbonyl (C=O) groups is 2. The number of hydrogen-bond donors (Lipinski definition) is 2. The van der Waals surface area contributed by atoms with Crippen LogP contribution in [0.4, 0.5) is 0 Å². The van der Waals surface area contributed by atoms with Gasteiger partial charge in [0.15, 0.2) is 0 Å². The Morgan fingerprint density at radius 3 is 2.89 bits per heavy atom. The summed E-state index contributed by atoms with van der Waals surface area (Å²) < 4.78 is 2.12. The van der Waals surface area contributed by atoms with E-state index in [-0.39, 0.29) is 5.91 Å². The lowest BCUT2D eigenvalue weighted by Gasteiger charge is -2.12. The fourth-order valence-corrected chi connectivity index (χ4v) is 4.08. The number of carboxylic acid groups (broad SMARTS) is 1. The van der Waals surface area contributed by atoms with Crippen LogP contribution in [0.5, 0.6) is 0 Å². The number of rotatable bonds is 6. The monoisotopic (exact) mass is 315 g/mol. The van der Waals surface area contributed by atoms with Crippen LogP contribution in [-0.4, -0.2) is 35.0 Å².